The summed E-state index contributed by atoms with van der Waals surface area (Å²) in [6.07, 6.45) is 0. The number of rotatable bonds is 6. The van der Waals surface area contributed by atoms with Gasteiger partial charge >= 0.3 is 5.97 Å². The lowest BCUT2D eigenvalue weighted by Crippen LogP contribution is -2.50. The molecule has 1 unspecified atom stereocenters. The predicted molar refractivity (Wildman–Crippen MR) is 101 cm³/mol. The number of nitrogens with zero attached hydrogens (tertiary/aromatic N) is 2. The van der Waals surface area contributed by atoms with Gasteiger partial charge in [0.1, 0.15) is 12.7 Å². The van der Waals surface area contributed by atoms with E-state index in [4.69, 9.17) is 4.74 Å². The maximum atomic E-state index is 13.0. The van der Waals surface area contributed by atoms with Crippen LogP contribution in [0.4, 0.5) is 5.69 Å². The largest absolute Gasteiger partial charge is 0.458 e. The Labute approximate surface area is 157 Å². The molecule has 134 valence electrons. The van der Waals surface area contributed by atoms with Gasteiger partial charge in [-0.15, -0.1) is 0 Å². The van der Waals surface area contributed by atoms with Gasteiger partial charge in [0.05, 0.1) is 5.69 Å². The molecular formula is C22H18N2O3. The first-order chi connectivity index (χ1) is 13.2. The standard InChI is InChI=1S/C22H18N2O3/c23-17-22(19-12-6-2-7-13-19,24(26)20-14-8-3-9-15-20)21(25)27-16-18-10-4-1-5-11-18/h1-15,26H,16H2. The molecule has 0 saturated heterocycles. The highest BCUT2D eigenvalue weighted by atomic mass is 16.6. The molecule has 0 aromatic heterocycles. The summed E-state index contributed by atoms with van der Waals surface area (Å²) in [4.78, 5) is 13.0. The maximum Gasteiger partial charge on any atom is 0.354 e. The lowest BCUT2D eigenvalue weighted by molar-refractivity contribution is -0.152. The van der Waals surface area contributed by atoms with Crippen molar-refractivity contribution in [2.24, 2.45) is 0 Å². The fourth-order valence-corrected chi connectivity index (χ4v) is 2.75. The number of nitriles is 1. The SMILES string of the molecule is N#CC(C(=O)OCc1ccccc1)(c1ccccc1)N(O)c1ccccc1. The molecule has 0 amide bonds. The molecule has 1 N–H and O–H groups in total. The Bertz CT molecular complexity index is 924. The highest BCUT2D eigenvalue weighted by Gasteiger charge is 2.48. The first-order valence-electron chi connectivity index (χ1n) is 8.40. The number of para-hydroxylation sites is 1. The van der Waals surface area contributed by atoms with Crippen LogP contribution in [0.1, 0.15) is 11.1 Å². The van der Waals surface area contributed by atoms with Crippen molar-refractivity contribution in [3.63, 3.8) is 0 Å². The van der Waals surface area contributed by atoms with Crippen LogP contribution in [0.3, 0.4) is 0 Å². The van der Waals surface area contributed by atoms with E-state index in [2.05, 4.69) is 0 Å². The Morgan fingerprint density at radius 2 is 1.44 bits per heavy atom. The van der Waals surface area contributed by atoms with E-state index in [0.717, 1.165) is 5.56 Å². The molecular weight excluding hydrogens is 340 g/mol. The molecule has 0 aliphatic heterocycles. The minimum Gasteiger partial charge on any atom is -0.458 e. The Balaban J connectivity index is 1.99. The summed E-state index contributed by atoms with van der Waals surface area (Å²) in [7, 11) is 0. The number of carbonyl (C=O) groups is 1. The second kappa shape index (κ2) is 8.17. The molecule has 3 rings (SSSR count). The zero-order valence-electron chi connectivity index (χ0n) is 14.5. The van der Waals surface area contributed by atoms with Crippen molar-refractivity contribution in [2.45, 2.75) is 12.1 Å². The summed E-state index contributed by atoms with van der Waals surface area (Å²) in [5.74, 6) is -0.855. The van der Waals surface area contributed by atoms with Gasteiger partial charge in [0.15, 0.2) is 0 Å². The Morgan fingerprint density at radius 3 is 2.00 bits per heavy atom. The Hall–Kier alpha value is -3.62. The lowest BCUT2D eigenvalue weighted by atomic mass is 9.90. The van der Waals surface area contributed by atoms with Crippen LogP contribution in [0, 0.1) is 11.3 Å². The van der Waals surface area contributed by atoms with Gasteiger partial charge in [-0.05, 0) is 17.7 Å². The monoisotopic (exact) mass is 358 g/mol. The number of anilines is 1. The zero-order chi connectivity index (χ0) is 19.1. The van der Waals surface area contributed by atoms with E-state index < -0.39 is 11.5 Å². The van der Waals surface area contributed by atoms with E-state index in [-0.39, 0.29) is 6.61 Å². The third-order valence-electron chi connectivity index (χ3n) is 4.18. The third kappa shape index (κ3) is 3.66. The number of benzene rings is 3. The van der Waals surface area contributed by atoms with Crippen molar-refractivity contribution in [3.8, 4) is 6.07 Å². The summed E-state index contributed by atoms with van der Waals surface area (Å²) in [6.45, 7) is -0.00142. The number of ether oxygens (including phenoxy) is 1. The van der Waals surface area contributed by atoms with Gasteiger partial charge in [-0.1, -0.05) is 78.9 Å². The summed E-state index contributed by atoms with van der Waals surface area (Å²) in [5, 5.41) is 21.5. The van der Waals surface area contributed by atoms with E-state index in [1.54, 1.807) is 60.7 Å². The second-order valence-electron chi connectivity index (χ2n) is 5.90. The fraction of sp³-hybridized carbons (Fsp3) is 0.0909. The van der Waals surface area contributed by atoms with Crippen molar-refractivity contribution in [1.82, 2.24) is 0 Å². The summed E-state index contributed by atoms with van der Waals surface area (Å²) < 4.78 is 5.42. The highest BCUT2D eigenvalue weighted by molar-refractivity contribution is 5.90. The molecule has 0 aliphatic carbocycles. The van der Waals surface area contributed by atoms with Crippen molar-refractivity contribution in [3.05, 3.63) is 102 Å². The number of esters is 1. The molecule has 1 atom stereocenters. The van der Waals surface area contributed by atoms with Crippen LogP contribution in [0.5, 0.6) is 0 Å². The topological polar surface area (TPSA) is 73.6 Å². The normalized spacial score (nSPS) is 12.4. The zero-order valence-corrected chi connectivity index (χ0v) is 14.5. The fourth-order valence-electron chi connectivity index (χ4n) is 2.75. The quantitative estimate of drug-likeness (QED) is 0.532. The molecule has 0 aliphatic rings. The van der Waals surface area contributed by atoms with Gasteiger partial charge in [0, 0.05) is 5.56 Å². The second-order valence-corrected chi connectivity index (χ2v) is 5.90. The van der Waals surface area contributed by atoms with Gasteiger partial charge in [-0.2, -0.15) is 5.26 Å². The Morgan fingerprint density at radius 1 is 0.926 bits per heavy atom. The third-order valence-corrected chi connectivity index (χ3v) is 4.18. The average Bonchev–Trinajstić information content (AvgIpc) is 2.75. The average molecular weight is 358 g/mol. The maximum absolute atomic E-state index is 13.0. The number of hydroxylamine groups is 1. The van der Waals surface area contributed by atoms with Gasteiger partial charge < -0.3 is 4.74 Å². The van der Waals surface area contributed by atoms with Crippen LogP contribution in [0.25, 0.3) is 0 Å². The molecule has 5 nitrogen and oxygen atoms in total. The first kappa shape index (κ1) is 18.2. The van der Waals surface area contributed by atoms with Crippen molar-refractivity contribution < 1.29 is 14.7 Å². The van der Waals surface area contributed by atoms with Crippen LogP contribution in [-0.4, -0.2) is 11.2 Å². The summed E-state index contributed by atoms with van der Waals surface area (Å²) >= 11 is 0. The molecule has 0 bridgehead atoms. The van der Waals surface area contributed by atoms with E-state index in [9.17, 15) is 15.3 Å². The van der Waals surface area contributed by atoms with Crippen LogP contribution in [-0.2, 0) is 21.7 Å². The van der Waals surface area contributed by atoms with Crippen molar-refractivity contribution >= 4 is 11.7 Å². The van der Waals surface area contributed by atoms with Crippen LogP contribution >= 0.6 is 0 Å². The van der Waals surface area contributed by atoms with E-state index in [1.807, 2.05) is 36.4 Å². The molecule has 0 radical (unpaired) electrons. The molecule has 3 aromatic carbocycles. The van der Waals surface area contributed by atoms with Gasteiger partial charge in [-0.25, -0.2) is 9.86 Å². The van der Waals surface area contributed by atoms with Gasteiger partial charge in [0.25, 0.3) is 5.54 Å². The van der Waals surface area contributed by atoms with Gasteiger partial charge in [-0.3, -0.25) is 5.21 Å². The highest BCUT2D eigenvalue weighted by Crippen LogP contribution is 2.33. The molecule has 0 saturated carbocycles. The number of carbonyl (C=O) groups excluding carboxylic acids is 1. The first-order valence-corrected chi connectivity index (χ1v) is 8.40. The predicted octanol–water partition coefficient (Wildman–Crippen LogP) is 4.04. The summed E-state index contributed by atoms with van der Waals surface area (Å²) in [6, 6.07) is 27.9. The van der Waals surface area contributed by atoms with Gasteiger partial charge in [0.2, 0.25) is 0 Å². The van der Waals surface area contributed by atoms with E-state index in [0.29, 0.717) is 16.3 Å². The van der Waals surface area contributed by atoms with Crippen molar-refractivity contribution in [1.29, 1.82) is 5.26 Å². The molecule has 3 aromatic rings. The Kier molecular flexibility index (Phi) is 5.50. The minimum absolute atomic E-state index is 0.00142. The lowest BCUT2D eigenvalue weighted by Gasteiger charge is -2.33. The van der Waals surface area contributed by atoms with Crippen molar-refractivity contribution in [2.75, 3.05) is 5.06 Å². The minimum atomic E-state index is -2.03. The molecule has 5 heteroatoms. The number of hydrogen-bond donors (Lipinski definition) is 1. The van der Waals surface area contributed by atoms with E-state index in [1.165, 1.54) is 0 Å². The molecule has 0 heterocycles. The molecule has 0 spiro atoms. The van der Waals surface area contributed by atoms with Crippen LogP contribution in [0.2, 0.25) is 0 Å². The molecule has 0 fully saturated rings. The summed E-state index contributed by atoms with van der Waals surface area (Å²) in [5.41, 5.74) is -0.622. The van der Waals surface area contributed by atoms with Crippen LogP contribution < -0.4 is 5.06 Å². The smallest absolute Gasteiger partial charge is 0.354 e. The van der Waals surface area contributed by atoms with E-state index >= 15 is 0 Å². The molecule has 27 heavy (non-hydrogen) atoms. The number of hydrogen-bond acceptors (Lipinski definition) is 5. The van der Waals surface area contributed by atoms with Crippen LogP contribution in [0.15, 0.2) is 91.0 Å².